The number of carbonyl (C=O) groups excluding carboxylic acids is 2. The third kappa shape index (κ3) is 4.22. The largest absolute Gasteiger partial charge is 0.452 e. The predicted molar refractivity (Wildman–Crippen MR) is 99.9 cm³/mol. The van der Waals surface area contributed by atoms with E-state index in [4.69, 9.17) is 4.74 Å². The minimum atomic E-state index is -0.564. The van der Waals surface area contributed by atoms with Gasteiger partial charge in [-0.15, -0.1) is 0 Å². The van der Waals surface area contributed by atoms with Gasteiger partial charge in [0, 0.05) is 18.8 Å². The molecule has 0 aliphatic carbocycles. The fraction of sp³-hybridized carbons (Fsp3) is 0.263. The van der Waals surface area contributed by atoms with Crippen molar-refractivity contribution in [2.24, 2.45) is 7.05 Å². The summed E-state index contributed by atoms with van der Waals surface area (Å²) < 4.78 is 8.43. The Kier molecular flexibility index (Phi) is 5.07. The van der Waals surface area contributed by atoms with Crippen LogP contribution in [0.15, 0.2) is 36.4 Å². The first-order valence-electron chi connectivity index (χ1n) is 8.45. The molecule has 0 atom stereocenters. The molecule has 0 aliphatic heterocycles. The summed E-state index contributed by atoms with van der Waals surface area (Å²) >= 11 is 0. The van der Waals surface area contributed by atoms with Crippen molar-refractivity contribution in [1.82, 2.24) is 19.6 Å². The first-order chi connectivity index (χ1) is 12.8. The monoisotopic (exact) mass is 367 g/mol. The van der Waals surface area contributed by atoms with E-state index in [1.54, 1.807) is 46.7 Å². The van der Waals surface area contributed by atoms with Crippen molar-refractivity contribution >= 4 is 17.7 Å². The van der Waals surface area contributed by atoms with Gasteiger partial charge in [-0.05, 0) is 51.1 Å². The molecule has 0 radical (unpaired) electrons. The molecule has 140 valence electrons. The summed E-state index contributed by atoms with van der Waals surface area (Å²) in [4.78, 5) is 24.1. The molecule has 27 heavy (non-hydrogen) atoms. The van der Waals surface area contributed by atoms with Crippen LogP contribution in [0.5, 0.6) is 0 Å². The zero-order chi connectivity index (χ0) is 19.6. The van der Waals surface area contributed by atoms with Gasteiger partial charge in [-0.2, -0.15) is 10.2 Å². The lowest BCUT2D eigenvalue weighted by Crippen LogP contribution is -2.22. The van der Waals surface area contributed by atoms with Crippen LogP contribution < -0.4 is 5.32 Å². The first-order valence-corrected chi connectivity index (χ1v) is 8.45. The van der Waals surface area contributed by atoms with Gasteiger partial charge in [0.15, 0.2) is 6.61 Å². The molecule has 1 aromatic carbocycles. The molecule has 0 aliphatic rings. The number of amides is 1. The molecular weight excluding hydrogens is 346 g/mol. The molecule has 3 rings (SSSR count). The lowest BCUT2D eigenvalue weighted by molar-refractivity contribution is -0.119. The highest BCUT2D eigenvalue weighted by atomic mass is 16.5. The molecule has 0 spiro atoms. The van der Waals surface area contributed by atoms with E-state index >= 15 is 0 Å². The number of carbonyl (C=O) groups is 2. The van der Waals surface area contributed by atoms with Crippen LogP contribution >= 0.6 is 0 Å². The maximum absolute atomic E-state index is 12.1. The number of anilines is 1. The molecular formula is C19H21N5O3. The Morgan fingerprint density at radius 3 is 2.26 bits per heavy atom. The van der Waals surface area contributed by atoms with Crippen molar-refractivity contribution in [3.05, 3.63) is 59.0 Å². The van der Waals surface area contributed by atoms with Crippen LogP contribution in [0.4, 0.5) is 5.82 Å². The van der Waals surface area contributed by atoms with E-state index in [-0.39, 0.29) is 6.61 Å². The summed E-state index contributed by atoms with van der Waals surface area (Å²) in [6, 6.07) is 10.6. The van der Waals surface area contributed by atoms with Crippen molar-refractivity contribution in [3.63, 3.8) is 0 Å². The van der Waals surface area contributed by atoms with E-state index in [9.17, 15) is 9.59 Å². The number of rotatable bonds is 5. The van der Waals surface area contributed by atoms with Gasteiger partial charge in [-0.25, -0.2) is 9.48 Å². The summed E-state index contributed by atoms with van der Waals surface area (Å²) in [5.74, 6) is -0.445. The SMILES string of the molecule is Cc1cc(NC(=O)COC(=O)c2ccc(-n3nc(C)cc3C)cc2)n(C)n1. The van der Waals surface area contributed by atoms with E-state index in [0.29, 0.717) is 11.4 Å². The molecule has 3 aromatic rings. The van der Waals surface area contributed by atoms with Crippen LogP contribution in [0.25, 0.3) is 5.69 Å². The van der Waals surface area contributed by atoms with Gasteiger partial charge in [-0.3, -0.25) is 9.48 Å². The molecule has 8 heteroatoms. The fourth-order valence-electron chi connectivity index (χ4n) is 2.75. The van der Waals surface area contributed by atoms with Crippen LogP contribution in [0.2, 0.25) is 0 Å². The zero-order valence-corrected chi connectivity index (χ0v) is 15.7. The van der Waals surface area contributed by atoms with E-state index in [1.807, 2.05) is 26.8 Å². The molecule has 0 fully saturated rings. The van der Waals surface area contributed by atoms with Gasteiger partial charge in [-0.1, -0.05) is 0 Å². The van der Waals surface area contributed by atoms with Gasteiger partial charge < -0.3 is 10.1 Å². The smallest absolute Gasteiger partial charge is 0.338 e. The second kappa shape index (κ2) is 7.45. The van der Waals surface area contributed by atoms with E-state index in [2.05, 4.69) is 15.5 Å². The number of aryl methyl sites for hydroxylation is 4. The standard InChI is InChI=1S/C19H21N5O3/c1-12-9-14(3)24(22-12)16-7-5-15(6-8-16)19(26)27-11-18(25)20-17-10-13(2)21-23(17)4/h5-10H,11H2,1-4H3,(H,20,25). The van der Waals surface area contributed by atoms with Gasteiger partial charge in [0.05, 0.1) is 22.6 Å². The normalized spacial score (nSPS) is 10.7. The molecule has 1 N–H and O–H groups in total. The minimum Gasteiger partial charge on any atom is -0.452 e. The van der Waals surface area contributed by atoms with E-state index in [1.165, 1.54) is 0 Å². The van der Waals surface area contributed by atoms with E-state index in [0.717, 1.165) is 22.8 Å². The predicted octanol–water partition coefficient (Wildman–Crippen LogP) is 2.33. The van der Waals surface area contributed by atoms with Crippen molar-refractivity contribution in [2.75, 3.05) is 11.9 Å². The van der Waals surface area contributed by atoms with Crippen LogP contribution in [0.3, 0.4) is 0 Å². The summed E-state index contributed by atoms with van der Waals surface area (Å²) in [6.07, 6.45) is 0. The first kappa shape index (κ1) is 18.4. The fourth-order valence-corrected chi connectivity index (χ4v) is 2.75. The van der Waals surface area contributed by atoms with Crippen LogP contribution in [-0.2, 0) is 16.6 Å². The average Bonchev–Trinajstić information content (AvgIpc) is 3.13. The lowest BCUT2D eigenvalue weighted by atomic mass is 10.2. The molecule has 1 amide bonds. The highest BCUT2D eigenvalue weighted by molar-refractivity contribution is 5.95. The number of hydrogen-bond donors (Lipinski definition) is 1. The van der Waals surface area contributed by atoms with Gasteiger partial charge in [0.25, 0.3) is 5.91 Å². The highest BCUT2D eigenvalue weighted by Crippen LogP contribution is 2.14. The average molecular weight is 367 g/mol. The molecule has 0 saturated heterocycles. The second-order valence-corrected chi connectivity index (χ2v) is 6.30. The Morgan fingerprint density at radius 1 is 1.04 bits per heavy atom. The van der Waals surface area contributed by atoms with Crippen molar-refractivity contribution in [2.45, 2.75) is 20.8 Å². The molecule has 2 heterocycles. The molecule has 8 nitrogen and oxygen atoms in total. The van der Waals surface area contributed by atoms with Crippen LogP contribution in [0, 0.1) is 20.8 Å². The summed E-state index contributed by atoms with van der Waals surface area (Å²) in [5.41, 5.74) is 3.92. The van der Waals surface area contributed by atoms with Gasteiger partial charge in [0.1, 0.15) is 5.82 Å². The zero-order valence-electron chi connectivity index (χ0n) is 15.7. The maximum Gasteiger partial charge on any atom is 0.338 e. The molecule has 0 saturated carbocycles. The number of nitrogens with zero attached hydrogens (tertiary/aromatic N) is 4. The summed E-state index contributed by atoms with van der Waals surface area (Å²) in [5, 5.41) is 11.2. The number of nitrogens with one attached hydrogen (secondary N) is 1. The number of hydrogen-bond acceptors (Lipinski definition) is 5. The Hall–Kier alpha value is -3.42. The van der Waals surface area contributed by atoms with Crippen molar-refractivity contribution in [3.8, 4) is 5.69 Å². The topological polar surface area (TPSA) is 91.0 Å². The highest BCUT2D eigenvalue weighted by Gasteiger charge is 2.13. The van der Waals surface area contributed by atoms with E-state index < -0.39 is 11.9 Å². The number of aromatic nitrogens is 4. The number of ether oxygens (including phenoxy) is 1. The molecule has 2 aromatic heterocycles. The number of benzene rings is 1. The van der Waals surface area contributed by atoms with Crippen LogP contribution in [-0.4, -0.2) is 38.0 Å². The second-order valence-electron chi connectivity index (χ2n) is 6.30. The van der Waals surface area contributed by atoms with Crippen LogP contribution in [0.1, 0.15) is 27.4 Å². The Balaban J connectivity index is 1.58. The molecule has 0 unspecified atom stereocenters. The summed E-state index contributed by atoms with van der Waals surface area (Å²) in [7, 11) is 1.72. The minimum absolute atomic E-state index is 0.365. The van der Waals surface area contributed by atoms with Gasteiger partial charge in [0.2, 0.25) is 0 Å². The summed E-state index contributed by atoms with van der Waals surface area (Å²) in [6.45, 7) is 5.34. The Bertz CT molecular complexity index is 985. The maximum atomic E-state index is 12.1. The third-order valence-corrected chi connectivity index (χ3v) is 3.96. The Labute approximate surface area is 156 Å². The molecule has 0 bridgehead atoms. The Morgan fingerprint density at radius 2 is 1.70 bits per heavy atom. The quantitative estimate of drug-likeness (QED) is 0.699. The van der Waals surface area contributed by atoms with Gasteiger partial charge >= 0.3 is 5.97 Å². The lowest BCUT2D eigenvalue weighted by Gasteiger charge is -2.08. The number of esters is 1. The van der Waals surface area contributed by atoms with Crippen molar-refractivity contribution < 1.29 is 14.3 Å². The van der Waals surface area contributed by atoms with Crippen molar-refractivity contribution in [1.29, 1.82) is 0 Å². The third-order valence-electron chi connectivity index (χ3n) is 3.96.